The molecule has 0 saturated carbocycles. The lowest BCUT2D eigenvalue weighted by Gasteiger charge is -2.35. The molecule has 1 fully saturated rings. The van der Waals surface area contributed by atoms with Crippen LogP contribution >= 0.6 is 7.92 Å². The quantitative estimate of drug-likeness (QED) is 0.783. The van der Waals surface area contributed by atoms with E-state index in [1.165, 1.54) is 14.2 Å². The van der Waals surface area contributed by atoms with Gasteiger partial charge in [-0.25, -0.2) is 0 Å². The summed E-state index contributed by atoms with van der Waals surface area (Å²) in [5, 5.41) is 10.4. The Balaban J connectivity index is 2.10. The number of rotatable bonds is 6. The fourth-order valence-electron chi connectivity index (χ4n) is 2.76. The highest BCUT2D eigenvalue weighted by atomic mass is 31.1. The summed E-state index contributed by atoms with van der Waals surface area (Å²) < 4.78 is 39.5. The zero-order valence-electron chi connectivity index (χ0n) is 16.5. The van der Waals surface area contributed by atoms with Crippen LogP contribution in [-0.2, 0) is 4.74 Å². The third-order valence-corrected chi connectivity index (χ3v) is 6.50. The molecule has 5 nitrogen and oxygen atoms in total. The number of aliphatic hydroxyl groups is 1. The fourth-order valence-corrected chi connectivity index (χ4v) is 5.11. The van der Waals surface area contributed by atoms with Crippen LogP contribution in [0.2, 0.25) is 0 Å². The molecule has 0 unspecified atom stereocenters. The van der Waals surface area contributed by atoms with Crippen LogP contribution in [0.5, 0.6) is 17.2 Å². The lowest BCUT2D eigenvalue weighted by Crippen LogP contribution is -2.26. The topological polar surface area (TPSA) is 68.2 Å². The van der Waals surface area contributed by atoms with Crippen LogP contribution in [0.1, 0.15) is 19.0 Å². The molecular weight excluding hydrogens is 327 g/mol. The van der Waals surface area contributed by atoms with E-state index in [4.69, 9.17) is 18.4 Å². The van der Waals surface area contributed by atoms with Crippen LogP contribution in [0.25, 0.3) is 0 Å². The predicted molar refractivity (Wildman–Crippen MR) is 93.5 cm³/mol. The van der Waals surface area contributed by atoms with Crippen molar-refractivity contribution < 1.29 is 25.8 Å². The summed E-state index contributed by atoms with van der Waals surface area (Å²) in [5.74, 6) is 0.878. The number of aromatic hydroxyl groups is 1. The molecule has 2 N–H and O–H groups in total. The molecule has 0 aliphatic carbocycles. The molecular formula is C18H21O5P. The second-order valence-corrected chi connectivity index (χ2v) is 7.63. The van der Waals surface area contributed by atoms with Gasteiger partial charge in [-0.2, -0.15) is 0 Å². The Hall–Kier alpha value is -1.81. The molecule has 1 aliphatic heterocycles. The van der Waals surface area contributed by atoms with Crippen LogP contribution in [0.4, 0.5) is 0 Å². The van der Waals surface area contributed by atoms with Crippen LogP contribution < -0.4 is 14.8 Å². The van der Waals surface area contributed by atoms with Gasteiger partial charge in [0.2, 0.25) is 7.18 Å². The zero-order chi connectivity index (χ0) is 19.4. The Morgan fingerprint density at radius 3 is 2.50 bits per heavy atom. The first kappa shape index (κ1) is 13.5. The Morgan fingerprint density at radius 2 is 1.92 bits per heavy atom. The van der Waals surface area contributed by atoms with Crippen LogP contribution in [0.3, 0.4) is 0 Å². The van der Waals surface area contributed by atoms with Crippen molar-refractivity contribution in [1.29, 1.82) is 2.86 Å². The minimum Gasteiger partial charge on any atom is -0.502 e. The molecule has 3 rings (SSSR count). The van der Waals surface area contributed by atoms with Gasteiger partial charge in [-0.15, -0.1) is 0 Å². The molecule has 4 atom stereocenters. The first-order chi connectivity index (χ1) is 13.1. The van der Waals surface area contributed by atoms with Crippen molar-refractivity contribution in [3.8, 4) is 17.2 Å². The van der Waals surface area contributed by atoms with Crippen molar-refractivity contribution in [3.63, 3.8) is 0 Å². The molecule has 2 aromatic rings. The number of hydrogen-bond acceptors (Lipinski definition) is 5. The smallest absolute Gasteiger partial charge is 0.293 e. The van der Waals surface area contributed by atoms with Gasteiger partial charge >= 0.3 is 0 Å². The highest BCUT2D eigenvalue weighted by Gasteiger charge is 2.33. The largest absolute Gasteiger partial charge is 0.502 e. The summed E-state index contributed by atoms with van der Waals surface area (Å²) in [6.07, 6.45) is -1.37. The van der Waals surface area contributed by atoms with E-state index in [0.29, 0.717) is 17.8 Å². The van der Waals surface area contributed by atoms with Gasteiger partial charge in [0.25, 0.3) is 1.43 Å². The van der Waals surface area contributed by atoms with Gasteiger partial charge in [0.1, 0.15) is 0 Å². The minimum absolute atomic E-state index is 0.176. The Labute approximate surface area is 146 Å². The van der Waals surface area contributed by atoms with Crippen molar-refractivity contribution in [2.24, 2.45) is 0 Å². The van der Waals surface area contributed by atoms with E-state index >= 15 is 0 Å². The van der Waals surface area contributed by atoms with E-state index < -0.39 is 20.6 Å². The van der Waals surface area contributed by atoms with Crippen molar-refractivity contribution in [3.05, 3.63) is 48.0 Å². The normalized spacial score (nSPS) is 28.3. The summed E-state index contributed by atoms with van der Waals surface area (Å²) in [6, 6.07) is 13.4. The fraction of sp³-hybridized carbons (Fsp3) is 0.333. The Morgan fingerprint density at radius 1 is 1.21 bits per heavy atom. The first-order valence-electron chi connectivity index (χ1n) is 8.90. The average Bonchev–Trinajstić information content (AvgIpc) is 2.72. The van der Waals surface area contributed by atoms with Crippen molar-refractivity contribution in [2.75, 3.05) is 20.6 Å². The lowest BCUT2D eigenvalue weighted by atomic mass is 10.1. The maximum atomic E-state index is 8.65. The molecule has 0 amide bonds. The lowest BCUT2D eigenvalue weighted by molar-refractivity contribution is -0.0928. The summed E-state index contributed by atoms with van der Waals surface area (Å²) in [7, 11) is 2.07. The maximum Gasteiger partial charge on any atom is 0.293 e. The standard InChI is InChI=1S/C18H21O5P/c1-21-14-8-12(9-15(22-2)18(14)20)16-10-17(19)23-11-24(16)13-6-4-3-5-7-13/h3-9,16-17,19-20H,10-11H2,1-2H3/t16-,17-,24+/m0/s1/i10D,19D/hD/t10-,16-,17-,24+. The average molecular weight is 351 g/mol. The summed E-state index contributed by atoms with van der Waals surface area (Å²) in [6.45, 7) is 0. The second-order valence-electron chi connectivity index (χ2n) is 5.36. The number of ether oxygens (including phenoxy) is 3. The highest BCUT2D eigenvalue weighted by molar-refractivity contribution is 7.65. The molecule has 0 radical (unpaired) electrons. The molecule has 128 valence electrons. The van der Waals surface area contributed by atoms with Gasteiger partial charge in [-0.05, 0) is 30.9 Å². The van der Waals surface area contributed by atoms with Gasteiger partial charge in [0.15, 0.2) is 17.8 Å². The Kier molecular flexibility index (Phi) is 4.15. The second kappa shape index (κ2) is 7.39. The number of phenols is 1. The number of methoxy groups -OCH3 is 2. The van der Waals surface area contributed by atoms with E-state index in [2.05, 4.69) is 10.2 Å². The predicted octanol–water partition coefficient (Wildman–Crippen LogP) is 2.95. The molecule has 2 aromatic carbocycles. The summed E-state index contributed by atoms with van der Waals surface area (Å²) >= 11 is 0. The minimum atomic E-state index is -0.943. The molecule has 0 bridgehead atoms. The van der Waals surface area contributed by atoms with Gasteiger partial charge in [-0.1, -0.05) is 30.3 Å². The van der Waals surface area contributed by atoms with Gasteiger partial charge < -0.3 is 24.4 Å². The van der Waals surface area contributed by atoms with Crippen LogP contribution in [0, 0.1) is 0 Å². The molecule has 1 heterocycles. The number of benzene rings is 2. The van der Waals surface area contributed by atoms with Crippen molar-refractivity contribution in [1.82, 2.24) is 0 Å². The summed E-state index contributed by atoms with van der Waals surface area (Å²) in [5.41, 5.74) is 0.527. The molecule has 24 heavy (non-hydrogen) atoms. The van der Waals surface area contributed by atoms with E-state index in [-0.39, 0.29) is 11.4 Å². The number of hydrogen-bond donors (Lipinski definition) is 2. The summed E-state index contributed by atoms with van der Waals surface area (Å²) in [4.78, 5) is 0. The van der Waals surface area contributed by atoms with E-state index in [1.807, 2.05) is 30.3 Å². The molecule has 1 aliphatic rings. The van der Waals surface area contributed by atoms with E-state index in [9.17, 15) is 0 Å². The van der Waals surface area contributed by atoms with Crippen molar-refractivity contribution in [2.45, 2.75) is 18.3 Å². The SMILES string of the molecule is [2H]Oc1c(OC)cc([C@@H]2[C@H]([2H])[C@@H](O[2H])OC[P@]2c2ccccc2)cc1OC. The number of aliphatic hydroxyl groups excluding tert-OH is 1. The van der Waals surface area contributed by atoms with Gasteiger partial charge in [0.05, 0.1) is 20.6 Å². The monoisotopic (exact) mass is 351 g/mol. The molecule has 0 aromatic heterocycles. The van der Waals surface area contributed by atoms with E-state index in [1.54, 1.807) is 12.1 Å². The van der Waals surface area contributed by atoms with Crippen LogP contribution in [-0.4, -0.2) is 39.9 Å². The molecule has 0 spiro atoms. The molecule has 6 heteroatoms. The van der Waals surface area contributed by atoms with Gasteiger partial charge in [0, 0.05) is 13.4 Å². The first-order valence-corrected chi connectivity index (χ1v) is 9.10. The maximum absolute atomic E-state index is 8.65. The number of phenolic OH excluding ortho intramolecular Hbond substituents is 1. The highest BCUT2D eigenvalue weighted by Crippen LogP contribution is 2.57. The third kappa shape index (κ3) is 3.34. The Bertz CT molecular complexity index is 739. The molecule has 1 saturated heterocycles. The van der Waals surface area contributed by atoms with Crippen molar-refractivity contribution >= 4 is 13.2 Å². The van der Waals surface area contributed by atoms with Gasteiger partial charge in [-0.3, -0.25) is 0 Å². The van der Waals surface area contributed by atoms with Crippen LogP contribution in [0.15, 0.2) is 42.5 Å². The zero-order valence-corrected chi connectivity index (χ0v) is 14.4. The third-order valence-electron chi connectivity index (χ3n) is 3.97. The van der Waals surface area contributed by atoms with E-state index in [0.717, 1.165) is 10.9 Å².